The Morgan fingerprint density at radius 2 is 2.00 bits per heavy atom. The standard InChI is InChI=1S/C15H10INO2S/c16-11-6-7-13-12(8-11)17-14(20-13)15(18)19-9-10-4-2-1-3-5-10/h1-8H,9H2. The van der Waals surface area contributed by atoms with E-state index in [2.05, 4.69) is 27.6 Å². The molecule has 0 fully saturated rings. The number of thiazole rings is 1. The highest BCUT2D eigenvalue weighted by molar-refractivity contribution is 14.1. The number of hydrogen-bond donors (Lipinski definition) is 0. The molecule has 0 bridgehead atoms. The fourth-order valence-electron chi connectivity index (χ4n) is 1.77. The van der Waals surface area contributed by atoms with Crippen molar-refractivity contribution >= 4 is 50.1 Å². The predicted octanol–water partition coefficient (Wildman–Crippen LogP) is 4.26. The van der Waals surface area contributed by atoms with Gasteiger partial charge in [0, 0.05) is 3.57 Å². The highest BCUT2D eigenvalue weighted by Gasteiger charge is 2.13. The first-order chi connectivity index (χ1) is 9.72. The molecule has 0 atom stereocenters. The summed E-state index contributed by atoms with van der Waals surface area (Å²) in [6.45, 7) is 0.271. The number of nitrogens with zero attached hydrogens (tertiary/aromatic N) is 1. The maximum atomic E-state index is 12.0. The molecule has 20 heavy (non-hydrogen) atoms. The van der Waals surface area contributed by atoms with Crippen molar-refractivity contribution in [2.24, 2.45) is 0 Å². The fourth-order valence-corrected chi connectivity index (χ4v) is 3.09. The van der Waals surface area contributed by atoms with Gasteiger partial charge in [-0.15, -0.1) is 11.3 Å². The molecule has 5 heteroatoms. The van der Waals surface area contributed by atoms with E-state index in [0.29, 0.717) is 5.01 Å². The Morgan fingerprint density at radius 1 is 1.20 bits per heavy atom. The van der Waals surface area contributed by atoms with Gasteiger partial charge in [-0.3, -0.25) is 0 Å². The molecule has 3 aromatic rings. The second kappa shape index (κ2) is 5.88. The van der Waals surface area contributed by atoms with Crippen molar-refractivity contribution in [1.82, 2.24) is 4.98 Å². The Hall–Kier alpha value is -1.47. The van der Waals surface area contributed by atoms with E-state index in [1.54, 1.807) is 0 Å². The van der Waals surface area contributed by atoms with Crippen molar-refractivity contribution in [1.29, 1.82) is 0 Å². The summed E-state index contributed by atoms with van der Waals surface area (Å²) in [5, 5.41) is 0.401. The minimum absolute atomic E-state index is 0.271. The number of ether oxygens (including phenoxy) is 1. The summed E-state index contributed by atoms with van der Waals surface area (Å²) in [6, 6.07) is 15.6. The number of aromatic nitrogens is 1. The van der Waals surface area contributed by atoms with E-state index in [4.69, 9.17) is 4.74 Å². The maximum absolute atomic E-state index is 12.0. The third kappa shape index (κ3) is 2.99. The molecular weight excluding hydrogens is 385 g/mol. The fraction of sp³-hybridized carbons (Fsp3) is 0.0667. The number of carbonyl (C=O) groups is 1. The highest BCUT2D eigenvalue weighted by atomic mass is 127. The zero-order valence-electron chi connectivity index (χ0n) is 10.4. The Balaban J connectivity index is 1.75. The van der Waals surface area contributed by atoms with E-state index in [9.17, 15) is 4.79 Å². The number of fused-ring (bicyclic) bond motifs is 1. The van der Waals surface area contributed by atoms with Crippen LogP contribution >= 0.6 is 33.9 Å². The molecule has 3 nitrogen and oxygen atoms in total. The lowest BCUT2D eigenvalue weighted by Gasteiger charge is -2.01. The van der Waals surface area contributed by atoms with Gasteiger partial charge in [0.1, 0.15) is 6.61 Å². The van der Waals surface area contributed by atoms with Crippen LogP contribution in [0.2, 0.25) is 0 Å². The lowest BCUT2D eigenvalue weighted by Crippen LogP contribution is -2.04. The molecule has 0 aliphatic heterocycles. The van der Waals surface area contributed by atoms with Crippen LogP contribution in [0, 0.1) is 3.57 Å². The first-order valence-electron chi connectivity index (χ1n) is 5.99. The van der Waals surface area contributed by atoms with Gasteiger partial charge in [0.05, 0.1) is 10.2 Å². The van der Waals surface area contributed by atoms with E-state index in [1.807, 2.05) is 48.5 Å². The highest BCUT2D eigenvalue weighted by Crippen LogP contribution is 2.24. The third-order valence-electron chi connectivity index (χ3n) is 2.74. The zero-order valence-corrected chi connectivity index (χ0v) is 13.3. The van der Waals surface area contributed by atoms with Gasteiger partial charge in [-0.25, -0.2) is 9.78 Å². The average Bonchev–Trinajstić information content (AvgIpc) is 2.89. The van der Waals surface area contributed by atoms with Gasteiger partial charge in [0.15, 0.2) is 0 Å². The molecule has 0 saturated heterocycles. The SMILES string of the molecule is O=C(OCc1ccccc1)c1nc2cc(I)ccc2s1. The molecule has 0 aliphatic carbocycles. The van der Waals surface area contributed by atoms with Crippen molar-refractivity contribution in [2.45, 2.75) is 6.61 Å². The summed E-state index contributed by atoms with van der Waals surface area (Å²) >= 11 is 3.59. The van der Waals surface area contributed by atoms with Crippen LogP contribution < -0.4 is 0 Å². The van der Waals surface area contributed by atoms with Crippen LogP contribution in [0.4, 0.5) is 0 Å². The number of benzene rings is 2. The topological polar surface area (TPSA) is 39.2 Å². The van der Waals surface area contributed by atoms with Crippen molar-refractivity contribution in [3.8, 4) is 0 Å². The summed E-state index contributed by atoms with van der Waals surface area (Å²) < 4.78 is 7.38. The summed E-state index contributed by atoms with van der Waals surface area (Å²) in [5.74, 6) is -0.370. The van der Waals surface area contributed by atoms with Crippen LogP contribution in [0.3, 0.4) is 0 Å². The second-order valence-electron chi connectivity index (χ2n) is 4.19. The first kappa shape index (κ1) is 13.5. The molecule has 0 amide bonds. The van der Waals surface area contributed by atoms with Crippen molar-refractivity contribution < 1.29 is 9.53 Å². The Kier molecular flexibility index (Phi) is 3.98. The molecule has 0 saturated carbocycles. The van der Waals surface area contributed by atoms with E-state index in [0.717, 1.165) is 19.4 Å². The maximum Gasteiger partial charge on any atom is 0.367 e. The molecule has 3 rings (SSSR count). The van der Waals surface area contributed by atoms with Crippen molar-refractivity contribution in [3.05, 3.63) is 62.7 Å². The van der Waals surface area contributed by atoms with Crippen LogP contribution in [0.15, 0.2) is 48.5 Å². The summed E-state index contributed by atoms with van der Waals surface area (Å²) in [7, 11) is 0. The number of carbonyl (C=O) groups excluding carboxylic acids is 1. The minimum Gasteiger partial charge on any atom is -0.455 e. The number of esters is 1. The Morgan fingerprint density at radius 3 is 2.80 bits per heavy atom. The summed E-state index contributed by atoms with van der Waals surface area (Å²) in [6.07, 6.45) is 0. The molecule has 0 unspecified atom stereocenters. The monoisotopic (exact) mass is 395 g/mol. The van der Waals surface area contributed by atoms with Gasteiger partial charge in [-0.1, -0.05) is 30.3 Å². The lowest BCUT2D eigenvalue weighted by molar-refractivity contribution is 0.0472. The summed E-state index contributed by atoms with van der Waals surface area (Å²) in [5.41, 5.74) is 1.81. The molecule has 0 N–H and O–H groups in total. The molecule has 1 aromatic heterocycles. The second-order valence-corrected chi connectivity index (χ2v) is 6.47. The molecule has 0 aliphatic rings. The molecular formula is C15H10INO2S. The van der Waals surface area contributed by atoms with Crippen LogP contribution in [0.25, 0.3) is 10.2 Å². The largest absolute Gasteiger partial charge is 0.455 e. The Bertz CT molecular complexity index is 755. The average molecular weight is 395 g/mol. The normalized spacial score (nSPS) is 10.7. The van der Waals surface area contributed by atoms with E-state index >= 15 is 0 Å². The van der Waals surface area contributed by atoms with Gasteiger partial charge in [0.25, 0.3) is 0 Å². The van der Waals surface area contributed by atoms with E-state index < -0.39 is 0 Å². The van der Waals surface area contributed by atoms with Gasteiger partial charge < -0.3 is 4.74 Å². The van der Waals surface area contributed by atoms with Crippen LogP contribution in [-0.4, -0.2) is 11.0 Å². The van der Waals surface area contributed by atoms with E-state index in [1.165, 1.54) is 11.3 Å². The van der Waals surface area contributed by atoms with Crippen LogP contribution in [0.5, 0.6) is 0 Å². The summed E-state index contributed by atoms with van der Waals surface area (Å²) in [4.78, 5) is 16.3. The van der Waals surface area contributed by atoms with E-state index in [-0.39, 0.29) is 12.6 Å². The zero-order chi connectivity index (χ0) is 13.9. The van der Waals surface area contributed by atoms with Gasteiger partial charge in [0.2, 0.25) is 5.01 Å². The minimum atomic E-state index is -0.370. The molecule has 1 heterocycles. The van der Waals surface area contributed by atoms with Crippen molar-refractivity contribution in [2.75, 3.05) is 0 Å². The van der Waals surface area contributed by atoms with Crippen molar-refractivity contribution in [3.63, 3.8) is 0 Å². The van der Waals surface area contributed by atoms with Gasteiger partial charge in [-0.2, -0.15) is 0 Å². The molecule has 0 spiro atoms. The number of halogens is 1. The van der Waals surface area contributed by atoms with Crippen LogP contribution in [0.1, 0.15) is 15.4 Å². The third-order valence-corrected chi connectivity index (χ3v) is 4.42. The van der Waals surface area contributed by atoms with Crippen LogP contribution in [-0.2, 0) is 11.3 Å². The number of rotatable bonds is 3. The van der Waals surface area contributed by atoms with Gasteiger partial charge >= 0.3 is 5.97 Å². The first-order valence-corrected chi connectivity index (χ1v) is 7.89. The quantitative estimate of drug-likeness (QED) is 0.492. The predicted molar refractivity (Wildman–Crippen MR) is 87.9 cm³/mol. The molecule has 100 valence electrons. The van der Waals surface area contributed by atoms with Gasteiger partial charge in [-0.05, 0) is 46.4 Å². The molecule has 2 aromatic carbocycles. The Labute approximate surface area is 133 Å². The molecule has 0 radical (unpaired) electrons. The smallest absolute Gasteiger partial charge is 0.367 e. The lowest BCUT2D eigenvalue weighted by atomic mass is 10.2. The number of hydrogen-bond acceptors (Lipinski definition) is 4.